The highest BCUT2D eigenvalue weighted by Gasteiger charge is 2.11. The maximum absolute atomic E-state index is 6.00. The maximum Gasteiger partial charge on any atom is 0.246 e. The van der Waals surface area contributed by atoms with Crippen molar-refractivity contribution in [3.63, 3.8) is 0 Å². The molecule has 0 amide bonds. The minimum atomic E-state index is 0.0539. The smallest absolute Gasteiger partial charge is 0.246 e. The SMILES string of the molecule is CN=C(NCc1nc(-c2cccc(Cl)c2)no1)NC(C)c1ccc(Cl)cc1. The molecule has 0 aliphatic rings. The molecule has 0 bridgehead atoms. The first kappa shape index (κ1) is 19.2. The van der Waals surface area contributed by atoms with Crippen molar-refractivity contribution < 1.29 is 4.52 Å². The molecule has 6 nitrogen and oxygen atoms in total. The second kappa shape index (κ2) is 8.88. The minimum absolute atomic E-state index is 0.0539. The molecule has 1 aromatic heterocycles. The third kappa shape index (κ3) is 5.21. The van der Waals surface area contributed by atoms with Crippen LogP contribution in [0.5, 0.6) is 0 Å². The van der Waals surface area contributed by atoms with E-state index in [4.69, 9.17) is 27.7 Å². The summed E-state index contributed by atoms with van der Waals surface area (Å²) in [6.45, 7) is 2.39. The van der Waals surface area contributed by atoms with Gasteiger partial charge in [0.15, 0.2) is 5.96 Å². The van der Waals surface area contributed by atoms with E-state index in [1.165, 1.54) is 0 Å². The Hall–Kier alpha value is -2.57. The summed E-state index contributed by atoms with van der Waals surface area (Å²) < 4.78 is 5.29. The Morgan fingerprint density at radius 3 is 2.63 bits per heavy atom. The first-order chi connectivity index (χ1) is 13.0. The van der Waals surface area contributed by atoms with Crippen LogP contribution >= 0.6 is 23.2 Å². The Labute approximate surface area is 167 Å². The van der Waals surface area contributed by atoms with E-state index >= 15 is 0 Å². The number of aromatic nitrogens is 2. The summed E-state index contributed by atoms with van der Waals surface area (Å²) in [4.78, 5) is 8.60. The van der Waals surface area contributed by atoms with Crippen molar-refractivity contribution in [3.05, 3.63) is 70.0 Å². The first-order valence-electron chi connectivity index (χ1n) is 8.36. The van der Waals surface area contributed by atoms with Crippen molar-refractivity contribution in [2.45, 2.75) is 19.5 Å². The van der Waals surface area contributed by atoms with Crippen LogP contribution in [-0.2, 0) is 6.54 Å². The molecular weight excluding hydrogens is 385 g/mol. The van der Waals surface area contributed by atoms with Crippen molar-refractivity contribution in [3.8, 4) is 11.4 Å². The van der Waals surface area contributed by atoms with Crippen LogP contribution in [0.25, 0.3) is 11.4 Å². The molecule has 1 heterocycles. The van der Waals surface area contributed by atoms with Gasteiger partial charge in [-0.15, -0.1) is 0 Å². The number of rotatable bonds is 5. The lowest BCUT2D eigenvalue weighted by Gasteiger charge is -2.17. The van der Waals surface area contributed by atoms with Gasteiger partial charge in [0.05, 0.1) is 12.6 Å². The second-order valence-electron chi connectivity index (χ2n) is 5.87. The van der Waals surface area contributed by atoms with Gasteiger partial charge in [0, 0.05) is 22.7 Å². The van der Waals surface area contributed by atoms with Gasteiger partial charge in [-0.1, -0.05) is 52.6 Å². The van der Waals surface area contributed by atoms with Crippen molar-refractivity contribution in [2.75, 3.05) is 7.05 Å². The number of guanidine groups is 1. The molecule has 0 saturated heterocycles. The number of nitrogens with zero attached hydrogens (tertiary/aromatic N) is 3. The lowest BCUT2D eigenvalue weighted by Crippen LogP contribution is -2.38. The first-order valence-corrected chi connectivity index (χ1v) is 9.12. The van der Waals surface area contributed by atoms with Crippen molar-refractivity contribution in [1.82, 2.24) is 20.8 Å². The van der Waals surface area contributed by atoms with E-state index in [1.54, 1.807) is 19.2 Å². The van der Waals surface area contributed by atoms with E-state index in [1.807, 2.05) is 43.3 Å². The molecule has 2 aromatic carbocycles. The molecule has 8 heteroatoms. The average Bonchev–Trinajstić information content (AvgIpc) is 3.14. The highest BCUT2D eigenvalue weighted by Crippen LogP contribution is 2.20. The molecular formula is C19H19Cl2N5O. The fourth-order valence-electron chi connectivity index (χ4n) is 2.47. The molecule has 2 N–H and O–H groups in total. The Morgan fingerprint density at radius 2 is 1.93 bits per heavy atom. The summed E-state index contributed by atoms with van der Waals surface area (Å²) in [5.74, 6) is 1.57. The molecule has 0 aliphatic carbocycles. The molecule has 0 radical (unpaired) electrons. The van der Waals surface area contributed by atoms with Gasteiger partial charge in [0.2, 0.25) is 11.7 Å². The van der Waals surface area contributed by atoms with Crippen molar-refractivity contribution in [1.29, 1.82) is 0 Å². The zero-order valence-corrected chi connectivity index (χ0v) is 16.4. The largest absolute Gasteiger partial charge is 0.350 e. The Bertz CT molecular complexity index is 924. The monoisotopic (exact) mass is 403 g/mol. The van der Waals surface area contributed by atoms with Crippen LogP contribution in [0.4, 0.5) is 0 Å². The predicted molar refractivity (Wildman–Crippen MR) is 108 cm³/mol. The van der Waals surface area contributed by atoms with Gasteiger partial charge in [-0.25, -0.2) is 0 Å². The molecule has 0 spiro atoms. The van der Waals surface area contributed by atoms with E-state index in [0.29, 0.717) is 34.3 Å². The quantitative estimate of drug-likeness (QED) is 0.485. The van der Waals surface area contributed by atoms with Gasteiger partial charge in [-0.2, -0.15) is 4.98 Å². The van der Waals surface area contributed by atoms with Crippen LogP contribution in [0.15, 0.2) is 58.0 Å². The van der Waals surface area contributed by atoms with E-state index in [2.05, 4.69) is 25.8 Å². The topological polar surface area (TPSA) is 75.3 Å². The third-order valence-electron chi connectivity index (χ3n) is 3.90. The maximum atomic E-state index is 6.00. The lowest BCUT2D eigenvalue weighted by atomic mass is 10.1. The minimum Gasteiger partial charge on any atom is -0.350 e. The number of benzene rings is 2. The molecule has 3 rings (SSSR count). The Kier molecular flexibility index (Phi) is 6.32. The molecule has 0 fully saturated rings. The second-order valence-corrected chi connectivity index (χ2v) is 6.74. The van der Waals surface area contributed by atoms with E-state index in [9.17, 15) is 0 Å². The molecule has 3 aromatic rings. The predicted octanol–water partition coefficient (Wildman–Crippen LogP) is 4.47. The fraction of sp³-hybridized carbons (Fsp3) is 0.211. The van der Waals surface area contributed by atoms with Crippen LogP contribution in [0, 0.1) is 0 Å². The highest BCUT2D eigenvalue weighted by molar-refractivity contribution is 6.31. The van der Waals surface area contributed by atoms with Gasteiger partial charge < -0.3 is 15.2 Å². The summed E-state index contributed by atoms with van der Waals surface area (Å²) in [6.07, 6.45) is 0. The lowest BCUT2D eigenvalue weighted by molar-refractivity contribution is 0.375. The summed E-state index contributed by atoms with van der Waals surface area (Å²) in [5, 5.41) is 11.8. The van der Waals surface area contributed by atoms with Gasteiger partial charge in [-0.3, -0.25) is 4.99 Å². The van der Waals surface area contributed by atoms with Crippen LogP contribution in [0.2, 0.25) is 10.0 Å². The number of halogens is 2. The van der Waals surface area contributed by atoms with Gasteiger partial charge in [0.25, 0.3) is 0 Å². The zero-order valence-electron chi connectivity index (χ0n) is 14.9. The molecule has 1 unspecified atom stereocenters. The van der Waals surface area contributed by atoms with Gasteiger partial charge >= 0.3 is 0 Å². The van der Waals surface area contributed by atoms with Gasteiger partial charge in [-0.05, 0) is 36.8 Å². The molecule has 0 aliphatic heterocycles. The van der Waals surface area contributed by atoms with Crippen molar-refractivity contribution >= 4 is 29.2 Å². The van der Waals surface area contributed by atoms with E-state index in [0.717, 1.165) is 11.1 Å². The zero-order chi connectivity index (χ0) is 19.2. The standard InChI is InChI=1S/C19H19Cl2N5O/c1-12(13-6-8-15(20)9-7-13)24-19(22-2)23-11-17-25-18(26-27-17)14-4-3-5-16(21)10-14/h3-10,12H,11H2,1-2H3,(H2,22,23,24). The average molecular weight is 404 g/mol. The van der Waals surface area contributed by atoms with Crippen LogP contribution in [0.1, 0.15) is 24.4 Å². The Morgan fingerprint density at radius 1 is 1.15 bits per heavy atom. The highest BCUT2D eigenvalue weighted by atomic mass is 35.5. The molecule has 1 atom stereocenters. The normalized spacial score (nSPS) is 12.7. The van der Waals surface area contributed by atoms with Crippen LogP contribution in [0.3, 0.4) is 0 Å². The fourth-order valence-corrected chi connectivity index (χ4v) is 2.78. The van der Waals surface area contributed by atoms with E-state index < -0.39 is 0 Å². The van der Waals surface area contributed by atoms with Gasteiger partial charge in [0.1, 0.15) is 0 Å². The molecule has 0 saturated carbocycles. The third-order valence-corrected chi connectivity index (χ3v) is 4.39. The number of hydrogen-bond donors (Lipinski definition) is 2. The summed E-state index contributed by atoms with van der Waals surface area (Å²) in [7, 11) is 1.70. The molecule has 27 heavy (non-hydrogen) atoms. The van der Waals surface area contributed by atoms with Crippen LogP contribution in [-0.4, -0.2) is 23.1 Å². The van der Waals surface area contributed by atoms with E-state index in [-0.39, 0.29) is 6.04 Å². The summed E-state index contributed by atoms with van der Waals surface area (Å²) in [5.41, 5.74) is 1.90. The van der Waals surface area contributed by atoms with Crippen molar-refractivity contribution in [2.24, 2.45) is 4.99 Å². The Balaban J connectivity index is 1.59. The summed E-state index contributed by atoms with van der Waals surface area (Å²) in [6, 6.07) is 15.0. The number of aliphatic imine (C=N–C) groups is 1. The van der Waals surface area contributed by atoms with Crippen LogP contribution < -0.4 is 10.6 Å². The summed E-state index contributed by atoms with van der Waals surface area (Å²) >= 11 is 11.9. The molecule has 140 valence electrons. The number of hydrogen-bond acceptors (Lipinski definition) is 4. The number of nitrogens with one attached hydrogen (secondary N) is 2.